The first-order chi connectivity index (χ1) is 8.04. The molecule has 1 aromatic rings. The smallest absolute Gasteiger partial charge is 0.0683 e. The molecular weight excluding hydrogens is 150 g/mol. The number of nitrogens with one attached hydrogen (secondary N) is 1. The summed E-state index contributed by atoms with van der Waals surface area (Å²) in [7, 11) is 0. The second-order valence-corrected chi connectivity index (χ2v) is 2.70. The molecule has 0 saturated carbocycles. The van der Waals surface area contributed by atoms with Crippen molar-refractivity contribution in [3.05, 3.63) is 35.8 Å². The van der Waals surface area contributed by atoms with Gasteiger partial charge in [0.1, 0.15) is 0 Å². The average Bonchev–Trinajstić information content (AvgIpc) is 2.36. The predicted molar refractivity (Wildman–Crippen MR) is 47.5 cm³/mol. The van der Waals surface area contributed by atoms with Crippen molar-refractivity contribution in [2.75, 3.05) is 6.61 Å². The van der Waals surface area contributed by atoms with Crippen LogP contribution in [0.15, 0.2) is 30.2 Å². The van der Waals surface area contributed by atoms with Gasteiger partial charge in [0.2, 0.25) is 0 Å². The predicted octanol–water partition coefficient (Wildman–Crippen LogP) is 2.04. The van der Waals surface area contributed by atoms with Gasteiger partial charge in [0.05, 0.1) is 19.5 Å². The molecule has 1 aliphatic heterocycles. The lowest BCUT2D eigenvalue weighted by atomic mass is 10.0. The Labute approximate surface area is 79.5 Å². The SMILES string of the molecule is [2H]c1c([2H])c([2H])c(C2CCCON2)c([2H])c1[2H]. The van der Waals surface area contributed by atoms with Crippen molar-refractivity contribution in [2.45, 2.75) is 18.9 Å². The van der Waals surface area contributed by atoms with Crippen molar-refractivity contribution < 1.29 is 11.7 Å². The quantitative estimate of drug-likeness (QED) is 0.693. The van der Waals surface area contributed by atoms with E-state index < -0.39 is 0 Å². The summed E-state index contributed by atoms with van der Waals surface area (Å²) < 4.78 is 38.3. The van der Waals surface area contributed by atoms with E-state index in [4.69, 9.17) is 11.7 Å². The Balaban J connectivity index is 2.52. The van der Waals surface area contributed by atoms with E-state index in [1.165, 1.54) is 0 Å². The highest BCUT2D eigenvalue weighted by molar-refractivity contribution is 5.18. The second kappa shape index (κ2) is 3.70. The topological polar surface area (TPSA) is 21.3 Å². The third-order valence-electron chi connectivity index (χ3n) is 1.83. The van der Waals surface area contributed by atoms with Crippen molar-refractivity contribution in [3.8, 4) is 0 Å². The lowest BCUT2D eigenvalue weighted by Crippen LogP contribution is -2.27. The monoisotopic (exact) mass is 168 g/mol. The van der Waals surface area contributed by atoms with Crippen LogP contribution in [-0.2, 0) is 4.84 Å². The molecule has 0 aromatic heterocycles. The van der Waals surface area contributed by atoms with Gasteiger partial charge in [0.25, 0.3) is 0 Å². The Morgan fingerprint density at radius 1 is 1.42 bits per heavy atom. The van der Waals surface area contributed by atoms with Gasteiger partial charge in [-0.15, -0.1) is 0 Å². The fourth-order valence-corrected chi connectivity index (χ4v) is 1.22. The number of hydroxylamine groups is 1. The summed E-state index contributed by atoms with van der Waals surface area (Å²) in [6, 6.07) is -1.60. The summed E-state index contributed by atoms with van der Waals surface area (Å²) >= 11 is 0. The fraction of sp³-hybridized carbons (Fsp3) is 0.400. The Morgan fingerprint density at radius 3 is 2.92 bits per heavy atom. The molecular formula is C10H13NO. The van der Waals surface area contributed by atoms with Gasteiger partial charge in [-0.2, -0.15) is 5.48 Å². The van der Waals surface area contributed by atoms with Crippen LogP contribution in [0.4, 0.5) is 0 Å². The molecule has 12 heavy (non-hydrogen) atoms. The van der Waals surface area contributed by atoms with Gasteiger partial charge in [-0.3, -0.25) is 0 Å². The second-order valence-electron chi connectivity index (χ2n) is 2.70. The Morgan fingerprint density at radius 2 is 2.25 bits per heavy atom. The van der Waals surface area contributed by atoms with Gasteiger partial charge in [0.15, 0.2) is 0 Å². The minimum atomic E-state index is -0.361. The van der Waals surface area contributed by atoms with E-state index in [0.717, 1.165) is 6.42 Å². The Bertz CT molecular complexity index is 416. The molecule has 2 heteroatoms. The normalized spacial score (nSPS) is 29.7. The van der Waals surface area contributed by atoms with Crippen LogP contribution in [-0.4, -0.2) is 6.61 Å². The van der Waals surface area contributed by atoms with E-state index >= 15 is 0 Å². The maximum absolute atomic E-state index is 7.80. The molecule has 0 radical (unpaired) electrons. The molecule has 1 saturated heterocycles. The van der Waals surface area contributed by atoms with Crippen LogP contribution in [0.5, 0.6) is 0 Å². The third-order valence-corrected chi connectivity index (χ3v) is 1.83. The third kappa shape index (κ3) is 1.65. The van der Waals surface area contributed by atoms with Crippen LogP contribution in [0.1, 0.15) is 31.3 Å². The van der Waals surface area contributed by atoms with Crippen molar-refractivity contribution in [3.63, 3.8) is 0 Å². The first-order valence-electron chi connectivity index (χ1n) is 6.48. The molecule has 1 atom stereocenters. The van der Waals surface area contributed by atoms with Crippen molar-refractivity contribution in [2.24, 2.45) is 0 Å². The van der Waals surface area contributed by atoms with Crippen LogP contribution < -0.4 is 5.48 Å². The molecule has 64 valence electrons. The average molecular weight is 168 g/mol. The number of hydrogen-bond donors (Lipinski definition) is 1. The minimum absolute atomic E-state index is 0.154. The molecule has 0 amide bonds. The molecule has 1 N–H and O–H groups in total. The fourth-order valence-electron chi connectivity index (χ4n) is 1.22. The van der Waals surface area contributed by atoms with Crippen LogP contribution in [0.3, 0.4) is 0 Å². The van der Waals surface area contributed by atoms with E-state index in [0.29, 0.717) is 13.0 Å². The van der Waals surface area contributed by atoms with Gasteiger partial charge in [-0.05, 0) is 18.4 Å². The van der Waals surface area contributed by atoms with E-state index in [2.05, 4.69) is 5.48 Å². The summed E-state index contributed by atoms with van der Waals surface area (Å²) in [5.41, 5.74) is 3.01. The Kier molecular flexibility index (Phi) is 1.20. The molecule has 1 fully saturated rings. The van der Waals surface area contributed by atoms with Gasteiger partial charge < -0.3 is 4.84 Å². The molecule has 0 aliphatic carbocycles. The van der Waals surface area contributed by atoms with E-state index in [1.54, 1.807) is 0 Å². The number of rotatable bonds is 1. The van der Waals surface area contributed by atoms with Crippen LogP contribution in [0, 0.1) is 0 Å². The van der Waals surface area contributed by atoms with Crippen LogP contribution in [0.25, 0.3) is 0 Å². The van der Waals surface area contributed by atoms with Gasteiger partial charge in [0, 0.05) is 0 Å². The molecule has 0 bridgehead atoms. The number of benzene rings is 1. The van der Waals surface area contributed by atoms with Crippen molar-refractivity contribution in [1.82, 2.24) is 5.48 Å². The van der Waals surface area contributed by atoms with E-state index in [9.17, 15) is 0 Å². The van der Waals surface area contributed by atoms with Gasteiger partial charge >= 0.3 is 0 Å². The highest BCUT2D eigenvalue weighted by Gasteiger charge is 2.14. The van der Waals surface area contributed by atoms with Crippen molar-refractivity contribution >= 4 is 0 Å². The van der Waals surface area contributed by atoms with Crippen LogP contribution >= 0.6 is 0 Å². The Hall–Kier alpha value is -0.860. The maximum atomic E-state index is 7.80. The molecule has 1 unspecified atom stereocenters. The summed E-state index contributed by atoms with van der Waals surface area (Å²) in [6.07, 6.45) is 1.51. The first-order valence-corrected chi connectivity index (χ1v) is 3.98. The molecule has 1 aromatic carbocycles. The van der Waals surface area contributed by atoms with E-state index in [1.807, 2.05) is 0 Å². The largest absolute Gasteiger partial charge is 0.301 e. The molecule has 2 rings (SSSR count). The first kappa shape index (κ1) is 3.90. The summed E-state index contributed by atoms with van der Waals surface area (Å²) in [6.45, 7) is 0.579. The molecule has 2 nitrogen and oxygen atoms in total. The maximum Gasteiger partial charge on any atom is 0.0683 e. The van der Waals surface area contributed by atoms with Crippen LogP contribution in [0.2, 0.25) is 0 Å². The molecule has 0 spiro atoms. The minimum Gasteiger partial charge on any atom is -0.301 e. The zero-order chi connectivity index (χ0) is 12.6. The lowest BCUT2D eigenvalue weighted by Gasteiger charge is -2.23. The summed E-state index contributed by atoms with van der Waals surface area (Å²) in [5, 5.41) is 0. The highest BCUT2D eigenvalue weighted by atomic mass is 16.6. The molecule has 1 aliphatic rings. The van der Waals surface area contributed by atoms with Gasteiger partial charge in [-0.25, -0.2) is 0 Å². The number of hydrogen-bond acceptors (Lipinski definition) is 2. The zero-order valence-corrected chi connectivity index (χ0v) is 6.61. The summed E-state index contributed by atoms with van der Waals surface area (Å²) in [4.78, 5) is 5.07. The summed E-state index contributed by atoms with van der Waals surface area (Å²) in [5.74, 6) is 0. The molecule has 1 heterocycles. The van der Waals surface area contributed by atoms with E-state index in [-0.39, 0.29) is 41.8 Å². The zero-order valence-electron chi connectivity index (χ0n) is 11.6. The lowest BCUT2D eigenvalue weighted by molar-refractivity contribution is -0.0195. The standard InChI is InChI=1S/C10H13NO/c1-2-5-9(6-3-1)10-7-4-8-12-11-10/h1-3,5-6,10-11H,4,7-8H2/i1D,2D,3D,5D,6D. The van der Waals surface area contributed by atoms with Crippen molar-refractivity contribution in [1.29, 1.82) is 0 Å². The highest BCUT2D eigenvalue weighted by Crippen LogP contribution is 2.20. The van der Waals surface area contributed by atoms with Gasteiger partial charge in [-0.1, -0.05) is 30.2 Å².